The molecule has 0 fully saturated rings. The highest BCUT2D eigenvalue weighted by molar-refractivity contribution is 6.42. The molecule has 0 radical (unpaired) electrons. The average molecular weight is 368 g/mol. The Hall–Kier alpha value is -2.49. The van der Waals surface area contributed by atoms with Gasteiger partial charge in [0.15, 0.2) is 0 Å². The van der Waals surface area contributed by atoms with E-state index in [9.17, 15) is 0 Å². The summed E-state index contributed by atoms with van der Waals surface area (Å²) in [6, 6.07) is 16.0. The Labute approximate surface area is 155 Å². The SMILES string of the molecule is Clc1ccc(C(c2c[nH]cc2-c2ccccc2)n2ccnc2)cc1Cl. The number of rotatable bonds is 4. The standard InChI is InChI=1S/C20H15Cl2N3/c21-18-7-6-15(10-19(18)22)20(25-9-8-23-13-25)17-12-24-11-16(17)14-4-2-1-3-5-14/h1-13,20,24H. The van der Waals surface area contributed by atoms with Crippen LogP contribution in [0.25, 0.3) is 11.1 Å². The fourth-order valence-corrected chi connectivity index (χ4v) is 3.39. The molecule has 0 spiro atoms. The Morgan fingerprint density at radius 1 is 0.960 bits per heavy atom. The van der Waals surface area contributed by atoms with E-state index in [2.05, 4.69) is 26.7 Å². The summed E-state index contributed by atoms with van der Waals surface area (Å²) in [5, 5.41) is 1.09. The van der Waals surface area contributed by atoms with E-state index in [0.717, 1.165) is 22.3 Å². The molecule has 1 unspecified atom stereocenters. The molecular weight excluding hydrogens is 353 g/mol. The van der Waals surface area contributed by atoms with Crippen molar-refractivity contribution in [3.8, 4) is 11.1 Å². The molecular formula is C20H15Cl2N3. The summed E-state index contributed by atoms with van der Waals surface area (Å²) in [6.07, 6.45) is 9.59. The highest BCUT2D eigenvalue weighted by Crippen LogP contribution is 2.36. The number of hydrogen-bond donors (Lipinski definition) is 1. The minimum absolute atomic E-state index is 0.0567. The van der Waals surface area contributed by atoms with E-state index in [1.165, 1.54) is 0 Å². The fraction of sp³-hybridized carbons (Fsp3) is 0.0500. The number of hydrogen-bond acceptors (Lipinski definition) is 1. The van der Waals surface area contributed by atoms with E-state index in [0.29, 0.717) is 10.0 Å². The minimum Gasteiger partial charge on any atom is -0.367 e. The van der Waals surface area contributed by atoms with Gasteiger partial charge in [-0.05, 0) is 23.3 Å². The summed E-state index contributed by atoms with van der Waals surface area (Å²) in [4.78, 5) is 7.46. The predicted octanol–water partition coefficient (Wildman–Crippen LogP) is 5.82. The largest absolute Gasteiger partial charge is 0.367 e. The van der Waals surface area contributed by atoms with Gasteiger partial charge in [-0.25, -0.2) is 4.98 Å². The lowest BCUT2D eigenvalue weighted by molar-refractivity contribution is 0.679. The number of aromatic amines is 1. The number of aromatic nitrogens is 3. The van der Waals surface area contributed by atoms with Gasteiger partial charge in [0.05, 0.1) is 22.4 Å². The van der Waals surface area contributed by atoms with Crippen LogP contribution < -0.4 is 0 Å². The van der Waals surface area contributed by atoms with Gasteiger partial charge in [-0.1, -0.05) is 59.6 Å². The molecule has 2 aromatic carbocycles. The molecule has 1 N–H and O–H groups in total. The Morgan fingerprint density at radius 2 is 1.80 bits per heavy atom. The van der Waals surface area contributed by atoms with Crippen LogP contribution in [-0.4, -0.2) is 14.5 Å². The molecule has 4 rings (SSSR count). The third kappa shape index (κ3) is 3.09. The maximum absolute atomic E-state index is 6.27. The Morgan fingerprint density at radius 3 is 2.52 bits per heavy atom. The predicted molar refractivity (Wildman–Crippen MR) is 102 cm³/mol. The van der Waals surface area contributed by atoms with Crippen LogP contribution in [-0.2, 0) is 0 Å². The molecule has 0 amide bonds. The molecule has 0 bridgehead atoms. The van der Waals surface area contributed by atoms with E-state index in [4.69, 9.17) is 23.2 Å². The topological polar surface area (TPSA) is 33.6 Å². The van der Waals surface area contributed by atoms with Crippen molar-refractivity contribution in [3.05, 3.63) is 101 Å². The Kier molecular flexibility index (Phi) is 4.35. The maximum Gasteiger partial charge on any atom is 0.0954 e. The molecule has 0 saturated carbocycles. The maximum atomic E-state index is 6.27. The summed E-state index contributed by atoms with van der Waals surface area (Å²) in [6.45, 7) is 0. The van der Waals surface area contributed by atoms with Crippen molar-refractivity contribution in [2.45, 2.75) is 6.04 Å². The summed E-state index contributed by atoms with van der Waals surface area (Å²) in [5.41, 5.74) is 4.49. The zero-order valence-electron chi connectivity index (χ0n) is 13.2. The zero-order chi connectivity index (χ0) is 17.2. The lowest BCUT2D eigenvalue weighted by Crippen LogP contribution is -2.11. The summed E-state index contributed by atoms with van der Waals surface area (Å²) < 4.78 is 2.06. The van der Waals surface area contributed by atoms with Gasteiger partial charge in [0.2, 0.25) is 0 Å². The van der Waals surface area contributed by atoms with Gasteiger partial charge in [0, 0.05) is 35.9 Å². The van der Waals surface area contributed by atoms with Crippen molar-refractivity contribution in [2.75, 3.05) is 0 Å². The normalized spacial score (nSPS) is 12.2. The third-order valence-electron chi connectivity index (χ3n) is 4.24. The van der Waals surface area contributed by atoms with Crippen LogP contribution in [0.5, 0.6) is 0 Å². The number of nitrogens with one attached hydrogen (secondary N) is 1. The van der Waals surface area contributed by atoms with Crippen LogP contribution in [0.2, 0.25) is 10.0 Å². The van der Waals surface area contributed by atoms with Crippen molar-refractivity contribution in [3.63, 3.8) is 0 Å². The van der Waals surface area contributed by atoms with E-state index in [-0.39, 0.29) is 6.04 Å². The second-order valence-corrected chi connectivity index (χ2v) is 6.59. The van der Waals surface area contributed by atoms with Gasteiger partial charge in [0.25, 0.3) is 0 Å². The quantitative estimate of drug-likeness (QED) is 0.484. The number of nitrogens with zero attached hydrogens (tertiary/aromatic N) is 2. The third-order valence-corrected chi connectivity index (χ3v) is 4.98. The minimum atomic E-state index is -0.0567. The van der Waals surface area contributed by atoms with Gasteiger partial charge in [-0.15, -0.1) is 0 Å². The van der Waals surface area contributed by atoms with E-state index in [1.54, 1.807) is 6.20 Å². The first-order valence-electron chi connectivity index (χ1n) is 7.88. The number of H-pyrrole nitrogens is 1. The summed E-state index contributed by atoms with van der Waals surface area (Å²) in [7, 11) is 0. The van der Waals surface area contributed by atoms with Crippen LogP contribution in [0.3, 0.4) is 0 Å². The molecule has 0 aliphatic carbocycles. The number of halogens is 2. The summed E-state index contributed by atoms with van der Waals surface area (Å²) >= 11 is 12.4. The van der Waals surface area contributed by atoms with Gasteiger partial charge in [0.1, 0.15) is 0 Å². The van der Waals surface area contributed by atoms with Gasteiger partial charge < -0.3 is 9.55 Å². The van der Waals surface area contributed by atoms with Crippen molar-refractivity contribution in [1.29, 1.82) is 0 Å². The lowest BCUT2D eigenvalue weighted by atomic mass is 9.94. The Bertz CT molecular complexity index is 975. The van der Waals surface area contributed by atoms with Gasteiger partial charge in [-0.2, -0.15) is 0 Å². The van der Waals surface area contributed by atoms with Crippen molar-refractivity contribution in [1.82, 2.24) is 14.5 Å². The average Bonchev–Trinajstić information content (AvgIpc) is 3.32. The molecule has 0 aliphatic rings. The molecule has 0 aliphatic heterocycles. The first kappa shape index (κ1) is 16.0. The highest BCUT2D eigenvalue weighted by Gasteiger charge is 2.21. The van der Waals surface area contributed by atoms with Crippen LogP contribution >= 0.6 is 23.2 Å². The monoisotopic (exact) mass is 367 g/mol. The van der Waals surface area contributed by atoms with Crippen LogP contribution in [0.4, 0.5) is 0 Å². The first-order chi connectivity index (χ1) is 12.2. The smallest absolute Gasteiger partial charge is 0.0954 e. The van der Waals surface area contributed by atoms with E-state index >= 15 is 0 Å². The van der Waals surface area contributed by atoms with Crippen molar-refractivity contribution < 1.29 is 0 Å². The molecule has 25 heavy (non-hydrogen) atoms. The van der Waals surface area contributed by atoms with Crippen molar-refractivity contribution >= 4 is 23.2 Å². The molecule has 124 valence electrons. The fourth-order valence-electron chi connectivity index (χ4n) is 3.09. The van der Waals surface area contributed by atoms with E-state index in [1.807, 2.05) is 61.3 Å². The molecule has 1 atom stereocenters. The number of benzene rings is 2. The molecule has 2 heterocycles. The molecule has 2 aromatic heterocycles. The van der Waals surface area contributed by atoms with Crippen LogP contribution in [0.1, 0.15) is 17.2 Å². The van der Waals surface area contributed by atoms with Crippen molar-refractivity contribution in [2.24, 2.45) is 0 Å². The number of imidazole rings is 1. The second-order valence-electron chi connectivity index (χ2n) is 5.78. The first-order valence-corrected chi connectivity index (χ1v) is 8.64. The molecule has 4 aromatic rings. The zero-order valence-corrected chi connectivity index (χ0v) is 14.7. The molecule has 0 saturated heterocycles. The molecule has 3 nitrogen and oxygen atoms in total. The lowest BCUT2D eigenvalue weighted by Gasteiger charge is -2.20. The van der Waals surface area contributed by atoms with Crippen LogP contribution in [0.15, 0.2) is 79.6 Å². The Balaban J connectivity index is 1.89. The second kappa shape index (κ2) is 6.79. The van der Waals surface area contributed by atoms with Gasteiger partial charge in [-0.3, -0.25) is 0 Å². The molecule has 5 heteroatoms. The van der Waals surface area contributed by atoms with E-state index < -0.39 is 0 Å². The van der Waals surface area contributed by atoms with Crippen LogP contribution in [0, 0.1) is 0 Å². The van der Waals surface area contributed by atoms with Gasteiger partial charge >= 0.3 is 0 Å². The highest BCUT2D eigenvalue weighted by atomic mass is 35.5. The summed E-state index contributed by atoms with van der Waals surface area (Å²) in [5.74, 6) is 0.